The Morgan fingerprint density at radius 3 is 2.67 bits per heavy atom. The minimum Gasteiger partial charge on any atom is -0.380 e. The van der Waals surface area contributed by atoms with Crippen LogP contribution in [-0.4, -0.2) is 18.8 Å². The lowest BCUT2D eigenvalue weighted by Crippen LogP contribution is -2.49. The van der Waals surface area contributed by atoms with Crippen LogP contribution in [0.4, 0.5) is 0 Å². The van der Waals surface area contributed by atoms with Crippen molar-refractivity contribution in [3.63, 3.8) is 0 Å². The topological polar surface area (TPSA) is 35.2 Å². The highest BCUT2D eigenvalue weighted by Gasteiger charge is 2.28. The first-order chi connectivity index (χ1) is 7.18. The highest BCUT2D eigenvalue weighted by Crippen LogP contribution is 2.22. The SMILES string of the molecule is NC1(Cc2ccc(Br)cc2)CCCOC1. The first-order valence-corrected chi connectivity index (χ1v) is 6.08. The van der Waals surface area contributed by atoms with Gasteiger partial charge in [0.05, 0.1) is 6.61 Å². The molecule has 1 aliphatic rings. The van der Waals surface area contributed by atoms with Crippen molar-refractivity contribution in [1.29, 1.82) is 0 Å². The summed E-state index contributed by atoms with van der Waals surface area (Å²) in [5, 5.41) is 0. The number of hydrogen-bond donors (Lipinski definition) is 1. The van der Waals surface area contributed by atoms with E-state index in [0.29, 0.717) is 6.61 Å². The lowest BCUT2D eigenvalue weighted by Gasteiger charge is -2.33. The average Bonchev–Trinajstić information content (AvgIpc) is 2.22. The average molecular weight is 270 g/mol. The molecule has 1 heterocycles. The molecule has 1 unspecified atom stereocenters. The van der Waals surface area contributed by atoms with Crippen LogP contribution in [0.15, 0.2) is 28.7 Å². The van der Waals surface area contributed by atoms with Crippen molar-refractivity contribution < 1.29 is 4.74 Å². The van der Waals surface area contributed by atoms with Crippen LogP contribution in [0.1, 0.15) is 18.4 Å². The molecule has 0 spiro atoms. The fourth-order valence-electron chi connectivity index (χ4n) is 2.02. The van der Waals surface area contributed by atoms with Gasteiger partial charge < -0.3 is 10.5 Å². The number of rotatable bonds is 2. The Bertz CT molecular complexity index is 317. The molecule has 0 amide bonds. The summed E-state index contributed by atoms with van der Waals surface area (Å²) in [5.74, 6) is 0. The molecule has 1 aromatic carbocycles. The predicted molar refractivity (Wildman–Crippen MR) is 64.8 cm³/mol. The largest absolute Gasteiger partial charge is 0.380 e. The van der Waals surface area contributed by atoms with Crippen LogP contribution < -0.4 is 5.73 Å². The monoisotopic (exact) mass is 269 g/mol. The van der Waals surface area contributed by atoms with E-state index in [1.54, 1.807) is 0 Å². The van der Waals surface area contributed by atoms with E-state index < -0.39 is 0 Å². The minimum absolute atomic E-state index is 0.161. The number of halogens is 1. The summed E-state index contributed by atoms with van der Waals surface area (Å²) in [7, 11) is 0. The number of ether oxygens (including phenoxy) is 1. The van der Waals surface area contributed by atoms with Crippen molar-refractivity contribution in [3.05, 3.63) is 34.3 Å². The fraction of sp³-hybridized carbons (Fsp3) is 0.500. The number of benzene rings is 1. The Hall–Kier alpha value is -0.380. The maximum atomic E-state index is 6.29. The molecule has 15 heavy (non-hydrogen) atoms. The van der Waals surface area contributed by atoms with Gasteiger partial charge in [0.15, 0.2) is 0 Å². The summed E-state index contributed by atoms with van der Waals surface area (Å²) < 4.78 is 6.56. The van der Waals surface area contributed by atoms with Gasteiger partial charge in [0.2, 0.25) is 0 Å². The third-order valence-corrected chi connectivity index (χ3v) is 3.35. The Balaban J connectivity index is 2.03. The third-order valence-electron chi connectivity index (χ3n) is 2.82. The second-order valence-corrected chi connectivity index (χ2v) is 5.24. The van der Waals surface area contributed by atoms with E-state index in [0.717, 1.165) is 30.3 Å². The Kier molecular flexibility index (Phi) is 3.44. The molecule has 1 aromatic rings. The molecular weight excluding hydrogens is 254 g/mol. The van der Waals surface area contributed by atoms with Crippen molar-refractivity contribution in [2.45, 2.75) is 24.8 Å². The summed E-state index contributed by atoms with van der Waals surface area (Å²) in [6.07, 6.45) is 3.04. The van der Waals surface area contributed by atoms with E-state index in [9.17, 15) is 0 Å². The Morgan fingerprint density at radius 2 is 2.07 bits per heavy atom. The first kappa shape index (κ1) is 11.1. The van der Waals surface area contributed by atoms with Gasteiger partial charge in [0.25, 0.3) is 0 Å². The fourth-order valence-corrected chi connectivity index (χ4v) is 2.29. The van der Waals surface area contributed by atoms with Gasteiger partial charge in [0, 0.05) is 16.6 Å². The summed E-state index contributed by atoms with van der Waals surface area (Å²) in [6.45, 7) is 1.54. The summed E-state index contributed by atoms with van der Waals surface area (Å²) >= 11 is 3.43. The van der Waals surface area contributed by atoms with Gasteiger partial charge in [0.1, 0.15) is 0 Å². The molecule has 82 valence electrons. The molecule has 1 fully saturated rings. The lowest BCUT2D eigenvalue weighted by molar-refractivity contribution is 0.0382. The van der Waals surface area contributed by atoms with E-state index >= 15 is 0 Å². The molecule has 2 nitrogen and oxygen atoms in total. The zero-order valence-corrected chi connectivity index (χ0v) is 10.3. The highest BCUT2D eigenvalue weighted by atomic mass is 79.9. The molecule has 0 bridgehead atoms. The predicted octanol–water partition coefficient (Wildman–Crippen LogP) is 2.50. The summed E-state index contributed by atoms with van der Waals surface area (Å²) in [4.78, 5) is 0. The maximum Gasteiger partial charge on any atom is 0.0649 e. The van der Waals surface area contributed by atoms with Crippen molar-refractivity contribution in [1.82, 2.24) is 0 Å². The molecule has 0 aromatic heterocycles. The van der Waals surface area contributed by atoms with Gasteiger partial charge in [-0.25, -0.2) is 0 Å². The molecule has 2 rings (SSSR count). The number of hydrogen-bond acceptors (Lipinski definition) is 2. The second kappa shape index (κ2) is 4.64. The minimum atomic E-state index is -0.161. The van der Waals surface area contributed by atoms with Crippen molar-refractivity contribution in [3.8, 4) is 0 Å². The van der Waals surface area contributed by atoms with Crippen LogP contribution >= 0.6 is 15.9 Å². The van der Waals surface area contributed by atoms with E-state index in [1.807, 2.05) is 0 Å². The standard InChI is InChI=1S/C12H16BrNO/c13-11-4-2-10(3-5-11)8-12(14)6-1-7-15-9-12/h2-5H,1,6-9,14H2. The van der Waals surface area contributed by atoms with Crippen LogP contribution in [0.2, 0.25) is 0 Å². The van der Waals surface area contributed by atoms with E-state index in [-0.39, 0.29) is 5.54 Å². The Labute approximate surface area is 98.9 Å². The van der Waals surface area contributed by atoms with Gasteiger partial charge in [-0.05, 0) is 37.0 Å². The molecule has 1 atom stereocenters. The zero-order valence-electron chi connectivity index (χ0n) is 8.71. The highest BCUT2D eigenvalue weighted by molar-refractivity contribution is 9.10. The molecule has 1 aliphatic heterocycles. The Morgan fingerprint density at radius 1 is 1.33 bits per heavy atom. The van der Waals surface area contributed by atoms with Gasteiger partial charge in [-0.1, -0.05) is 28.1 Å². The van der Waals surface area contributed by atoms with Gasteiger partial charge in [-0.3, -0.25) is 0 Å². The maximum absolute atomic E-state index is 6.29. The van der Waals surface area contributed by atoms with Crippen LogP contribution in [0, 0.1) is 0 Å². The molecule has 2 N–H and O–H groups in total. The lowest BCUT2D eigenvalue weighted by atomic mass is 9.87. The van der Waals surface area contributed by atoms with Gasteiger partial charge in [-0.15, -0.1) is 0 Å². The van der Waals surface area contributed by atoms with E-state index in [2.05, 4.69) is 40.2 Å². The third kappa shape index (κ3) is 3.03. The van der Waals surface area contributed by atoms with Gasteiger partial charge in [-0.2, -0.15) is 0 Å². The molecule has 1 saturated heterocycles. The van der Waals surface area contributed by atoms with E-state index in [4.69, 9.17) is 10.5 Å². The first-order valence-electron chi connectivity index (χ1n) is 5.29. The van der Waals surface area contributed by atoms with Crippen LogP contribution in [0.3, 0.4) is 0 Å². The van der Waals surface area contributed by atoms with Crippen LogP contribution in [0.25, 0.3) is 0 Å². The molecular formula is C12H16BrNO. The van der Waals surface area contributed by atoms with Crippen molar-refractivity contribution in [2.24, 2.45) is 5.73 Å². The second-order valence-electron chi connectivity index (χ2n) is 4.32. The molecule has 0 saturated carbocycles. The summed E-state index contributed by atoms with van der Waals surface area (Å²) in [5.41, 5.74) is 7.42. The summed E-state index contributed by atoms with van der Waals surface area (Å²) in [6, 6.07) is 8.35. The quantitative estimate of drug-likeness (QED) is 0.896. The zero-order chi connectivity index (χ0) is 10.7. The molecule has 0 radical (unpaired) electrons. The van der Waals surface area contributed by atoms with Gasteiger partial charge >= 0.3 is 0 Å². The van der Waals surface area contributed by atoms with Crippen LogP contribution in [0.5, 0.6) is 0 Å². The molecule has 0 aliphatic carbocycles. The molecule has 3 heteroatoms. The number of nitrogens with two attached hydrogens (primary N) is 1. The van der Waals surface area contributed by atoms with Crippen molar-refractivity contribution >= 4 is 15.9 Å². The van der Waals surface area contributed by atoms with Crippen molar-refractivity contribution in [2.75, 3.05) is 13.2 Å². The normalized spacial score (nSPS) is 26.5. The van der Waals surface area contributed by atoms with Crippen LogP contribution in [-0.2, 0) is 11.2 Å². The smallest absolute Gasteiger partial charge is 0.0649 e. The van der Waals surface area contributed by atoms with E-state index in [1.165, 1.54) is 5.56 Å².